The largest absolute Gasteiger partial charge is 0.312 e. The van der Waals surface area contributed by atoms with Gasteiger partial charge in [0, 0.05) is 13.1 Å². The number of unbranched alkanes of at least 4 members (excludes halogenated alkanes) is 2. The smallest absolute Gasteiger partial charge is 0.0991 e. The van der Waals surface area contributed by atoms with Crippen molar-refractivity contribution in [3.8, 4) is 6.07 Å². The first-order chi connectivity index (χ1) is 9.07. The topological polar surface area (TPSA) is 35.8 Å². The summed E-state index contributed by atoms with van der Waals surface area (Å²) in [6, 6.07) is 10.00. The van der Waals surface area contributed by atoms with E-state index in [9.17, 15) is 0 Å². The Morgan fingerprint density at radius 2 is 2.05 bits per heavy atom. The lowest BCUT2D eigenvalue weighted by Crippen LogP contribution is -2.29. The monoisotopic (exact) mass is 258 g/mol. The lowest BCUT2D eigenvalue weighted by molar-refractivity contribution is 0.302. The second-order valence-electron chi connectivity index (χ2n) is 6.04. The van der Waals surface area contributed by atoms with E-state index in [2.05, 4.69) is 38.2 Å². The predicted molar refractivity (Wildman–Crippen MR) is 80.8 cm³/mol. The van der Waals surface area contributed by atoms with Gasteiger partial charge >= 0.3 is 0 Å². The fourth-order valence-corrected chi connectivity index (χ4v) is 2.24. The van der Waals surface area contributed by atoms with Gasteiger partial charge in [0.2, 0.25) is 0 Å². The van der Waals surface area contributed by atoms with Crippen LogP contribution in [0.25, 0.3) is 0 Å². The minimum atomic E-state index is 0.349. The van der Waals surface area contributed by atoms with E-state index in [1.165, 1.54) is 31.2 Å². The Morgan fingerprint density at radius 1 is 1.26 bits per heavy atom. The summed E-state index contributed by atoms with van der Waals surface area (Å²) in [5.74, 6) is 0. The molecule has 0 spiro atoms. The van der Waals surface area contributed by atoms with Gasteiger partial charge in [-0.2, -0.15) is 5.26 Å². The van der Waals surface area contributed by atoms with E-state index in [1.807, 2.05) is 18.2 Å². The molecule has 0 atom stereocenters. The van der Waals surface area contributed by atoms with Crippen molar-refractivity contribution < 1.29 is 0 Å². The zero-order valence-electron chi connectivity index (χ0n) is 12.5. The number of nitrogens with one attached hydrogen (secondary N) is 1. The first kappa shape index (κ1) is 15.7. The summed E-state index contributed by atoms with van der Waals surface area (Å²) in [4.78, 5) is 0. The fraction of sp³-hybridized carbons (Fsp3) is 0.588. The Labute approximate surface area is 117 Å². The third-order valence-corrected chi connectivity index (χ3v) is 3.45. The molecule has 1 N–H and O–H groups in total. The van der Waals surface area contributed by atoms with Crippen LogP contribution in [0, 0.1) is 16.7 Å². The van der Waals surface area contributed by atoms with E-state index in [-0.39, 0.29) is 0 Å². The van der Waals surface area contributed by atoms with E-state index in [1.54, 1.807) is 0 Å². The molecule has 1 aromatic carbocycles. The van der Waals surface area contributed by atoms with E-state index in [0.717, 1.165) is 18.7 Å². The second kappa shape index (κ2) is 7.96. The van der Waals surface area contributed by atoms with E-state index in [0.29, 0.717) is 5.41 Å². The number of hydrogen-bond donors (Lipinski definition) is 1. The van der Waals surface area contributed by atoms with Gasteiger partial charge in [-0.1, -0.05) is 52.2 Å². The molecule has 0 aliphatic rings. The molecule has 0 bridgehead atoms. The van der Waals surface area contributed by atoms with Crippen LogP contribution < -0.4 is 5.32 Å². The zero-order valence-corrected chi connectivity index (χ0v) is 12.5. The van der Waals surface area contributed by atoms with Gasteiger partial charge in [-0.15, -0.1) is 0 Å². The normalized spacial score (nSPS) is 11.3. The second-order valence-corrected chi connectivity index (χ2v) is 6.04. The first-order valence-corrected chi connectivity index (χ1v) is 7.27. The third-order valence-electron chi connectivity index (χ3n) is 3.45. The third kappa shape index (κ3) is 6.40. The van der Waals surface area contributed by atoms with Crippen molar-refractivity contribution in [1.82, 2.24) is 5.32 Å². The molecule has 2 nitrogen and oxygen atoms in total. The molecule has 104 valence electrons. The van der Waals surface area contributed by atoms with Crippen molar-refractivity contribution in [2.75, 3.05) is 6.54 Å². The molecule has 0 amide bonds. The Bertz CT molecular complexity index is 416. The number of hydrogen-bond acceptors (Lipinski definition) is 2. The van der Waals surface area contributed by atoms with Gasteiger partial charge in [-0.05, 0) is 29.5 Å². The quantitative estimate of drug-likeness (QED) is 0.707. The number of nitrogens with zero attached hydrogens (tertiary/aromatic N) is 1. The molecular weight excluding hydrogens is 232 g/mol. The molecule has 0 saturated heterocycles. The molecule has 0 aliphatic carbocycles. The SMILES string of the molecule is CCCCCC(C)(C)CNCc1cccc(C#N)c1. The predicted octanol–water partition coefficient (Wildman–Crippen LogP) is 4.25. The number of nitriles is 1. The van der Waals surface area contributed by atoms with Crippen molar-refractivity contribution in [2.24, 2.45) is 5.41 Å². The maximum Gasteiger partial charge on any atom is 0.0991 e. The Kier molecular flexibility index (Phi) is 6.59. The van der Waals surface area contributed by atoms with Crippen molar-refractivity contribution in [2.45, 2.75) is 53.0 Å². The van der Waals surface area contributed by atoms with Gasteiger partial charge in [0.05, 0.1) is 11.6 Å². The molecule has 2 heteroatoms. The average molecular weight is 258 g/mol. The van der Waals surface area contributed by atoms with Crippen LogP contribution in [0.5, 0.6) is 0 Å². The molecule has 0 saturated carbocycles. The van der Waals surface area contributed by atoms with Crippen LogP contribution in [-0.2, 0) is 6.54 Å². The maximum absolute atomic E-state index is 8.87. The van der Waals surface area contributed by atoms with E-state index < -0.39 is 0 Å². The summed E-state index contributed by atoms with van der Waals surface area (Å²) < 4.78 is 0. The van der Waals surface area contributed by atoms with E-state index in [4.69, 9.17) is 5.26 Å². The number of rotatable bonds is 8. The summed E-state index contributed by atoms with van der Waals surface area (Å²) in [6.07, 6.45) is 5.19. The van der Waals surface area contributed by atoms with Crippen LogP contribution in [0.1, 0.15) is 57.6 Å². The van der Waals surface area contributed by atoms with Gasteiger partial charge in [0.15, 0.2) is 0 Å². The minimum Gasteiger partial charge on any atom is -0.312 e. The summed E-state index contributed by atoms with van der Waals surface area (Å²) in [7, 11) is 0. The summed E-state index contributed by atoms with van der Waals surface area (Å²) in [5.41, 5.74) is 2.27. The Hall–Kier alpha value is -1.33. The van der Waals surface area contributed by atoms with Gasteiger partial charge in [-0.25, -0.2) is 0 Å². The minimum absolute atomic E-state index is 0.349. The fourth-order valence-electron chi connectivity index (χ4n) is 2.24. The van der Waals surface area contributed by atoms with Gasteiger partial charge in [0.1, 0.15) is 0 Å². The highest BCUT2D eigenvalue weighted by Gasteiger charge is 2.16. The highest BCUT2D eigenvalue weighted by atomic mass is 14.9. The van der Waals surface area contributed by atoms with Crippen LogP contribution in [0.4, 0.5) is 0 Å². The molecule has 0 fully saturated rings. The van der Waals surface area contributed by atoms with Crippen LogP contribution in [0.2, 0.25) is 0 Å². The zero-order chi connectivity index (χ0) is 14.1. The van der Waals surface area contributed by atoms with Crippen molar-refractivity contribution in [3.05, 3.63) is 35.4 Å². The average Bonchev–Trinajstić information content (AvgIpc) is 2.39. The Balaban J connectivity index is 2.34. The summed E-state index contributed by atoms with van der Waals surface area (Å²) in [6.45, 7) is 8.75. The molecule has 1 rings (SSSR count). The van der Waals surface area contributed by atoms with Crippen molar-refractivity contribution >= 4 is 0 Å². The molecule has 1 aromatic rings. The Morgan fingerprint density at radius 3 is 2.74 bits per heavy atom. The summed E-state index contributed by atoms with van der Waals surface area (Å²) in [5, 5.41) is 12.4. The molecule has 0 radical (unpaired) electrons. The van der Waals surface area contributed by atoms with Gasteiger partial charge < -0.3 is 5.32 Å². The molecule has 0 aliphatic heterocycles. The van der Waals surface area contributed by atoms with Crippen molar-refractivity contribution in [3.63, 3.8) is 0 Å². The standard InChI is InChI=1S/C17H26N2/c1-4-5-6-10-17(2,3)14-19-13-16-9-7-8-15(11-16)12-18/h7-9,11,19H,4-6,10,13-14H2,1-3H3. The lowest BCUT2D eigenvalue weighted by atomic mass is 9.87. The lowest BCUT2D eigenvalue weighted by Gasteiger charge is -2.25. The summed E-state index contributed by atoms with van der Waals surface area (Å²) >= 11 is 0. The van der Waals surface area contributed by atoms with E-state index >= 15 is 0 Å². The van der Waals surface area contributed by atoms with Crippen LogP contribution in [-0.4, -0.2) is 6.54 Å². The van der Waals surface area contributed by atoms with Crippen molar-refractivity contribution in [1.29, 1.82) is 5.26 Å². The molecule has 0 heterocycles. The molecule has 0 unspecified atom stereocenters. The van der Waals surface area contributed by atoms with Crippen LogP contribution >= 0.6 is 0 Å². The highest BCUT2D eigenvalue weighted by molar-refractivity contribution is 5.32. The van der Waals surface area contributed by atoms with Crippen LogP contribution in [0.15, 0.2) is 24.3 Å². The maximum atomic E-state index is 8.87. The highest BCUT2D eigenvalue weighted by Crippen LogP contribution is 2.22. The molecule has 0 aromatic heterocycles. The first-order valence-electron chi connectivity index (χ1n) is 7.27. The number of benzene rings is 1. The molecule has 19 heavy (non-hydrogen) atoms. The molecular formula is C17H26N2. The van der Waals surface area contributed by atoms with Crippen LogP contribution in [0.3, 0.4) is 0 Å². The van der Waals surface area contributed by atoms with Gasteiger partial charge in [0.25, 0.3) is 0 Å². The van der Waals surface area contributed by atoms with Gasteiger partial charge in [-0.3, -0.25) is 0 Å².